The number of carboxylic acids is 1. The molecule has 2 rings (SSSR count). The minimum absolute atomic E-state index is 0.0258. The number of rotatable bonds is 4. The highest BCUT2D eigenvalue weighted by atomic mass is 19.1. The first-order valence-corrected chi connectivity index (χ1v) is 5.40. The third kappa shape index (κ3) is 3.01. The summed E-state index contributed by atoms with van der Waals surface area (Å²) in [6.07, 6.45) is -0.608. The van der Waals surface area contributed by atoms with Gasteiger partial charge in [0.15, 0.2) is 6.29 Å². The number of aliphatic carboxylic acids is 1. The fourth-order valence-electron chi connectivity index (χ4n) is 1.71. The predicted octanol–water partition coefficient (Wildman–Crippen LogP) is 2.10. The summed E-state index contributed by atoms with van der Waals surface area (Å²) in [6, 6.07) is 6.23. The van der Waals surface area contributed by atoms with Gasteiger partial charge in [-0.1, -0.05) is 18.2 Å². The maximum atomic E-state index is 13.4. The number of carboxylic acid groups (broad SMARTS) is 1. The maximum absolute atomic E-state index is 13.4. The zero-order valence-electron chi connectivity index (χ0n) is 9.14. The average molecular weight is 240 g/mol. The third-order valence-corrected chi connectivity index (χ3v) is 2.59. The van der Waals surface area contributed by atoms with Crippen LogP contribution in [0, 0.1) is 5.82 Å². The predicted molar refractivity (Wildman–Crippen MR) is 56.8 cm³/mol. The molecule has 1 heterocycles. The number of ether oxygens (including phenoxy) is 2. The Morgan fingerprint density at radius 2 is 2.24 bits per heavy atom. The molecule has 92 valence electrons. The molecule has 1 aliphatic rings. The van der Waals surface area contributed by atoms with Crippen LogP contribution in [0.1, 0.15) is 24.7 Å². The molecule has 2 atom stereocenters. The smallest absolute Gasteiger partial charge is 0.303 e. The molecule has 0 spiro atoms. The molecule has 1 aromatic rings. The summed E-state index contributed by atoms with van der Waals surface area (Å²) in [7, 11) is 0. The lowest BCUT2D eigenvalue weighted by Gasteiger charge is -2.11. The Morgan fingerprint density at radius 3 is 2.94 bits per heavy atom. The normalized spacial score (nSPS) is 23.8. The van der Waals surface area contributed by atoms with Gasteiger partial charge in [0.2, 0.25) is 0 Å². The van der Waals surface area contributed by atoms with E-state index in [1.807, 2.05) is 0 Å². The van der Waals surface area contributed by atoms with Crippen molar-refractivity contribution in [2.75, 3.05) is 6.61 Å². The Kier molecular flexibility index (Phi) is 3.71. The average Bonchev–Trinajstić information content (AvgIpc) is 2.75. The molecule has 1 aliphatic heterocycles. The highest BCUT2D eigenvalue weighted by Gasteiger charge is 2.29. The van der Waals surface area contributed by atoms with Gasteiger partial charge in [-0.2, -0.15) is 0 Å². The van der Waals surface area contributed by atoms with E-state index in [1.165, 1.54) is 6.07 Å². The summed E-state index contributed by atoms with van der Waals surface area (Å²) >= 11 is 0. The lowest BCUT2D eigenvalue weighted by atomic mass is 10.2. The molecule has 4 nitrogen and oxygen atoms in total. The van der Waals surface area contributed by atoms with Gasteiger partial charge < -0.3 is 14.6 Å². The fourth-order valence-corrected chi connectivity index (χ4v) is 1.71. The van der Waals surface area contributed by atoms with Crippen molar-refractivity contribution in [3.05, 3.63) is 35.6 Å². The first kappa shape index (κ1) is 12.0. The molecule has 0 saturated carbocycles. The van der Waals surface area contributed by atoms with Crippen molar-refractivity contribution in [2.24, 2.45) is 0 Å². The minimum Gasteiger partial charge on any atom is -0.481 e. The van der Waals surface area contributed by atoms with E-state index >= 15 is 0 Å². The van der Waals surface area contributed by atoms with E-state index in [4.69, 9.17) is 14.6 Å². The lowest BCUT2D eigenvalue weighted by Crippen LogP contribution is -2.12. The van der Waals surface area contributed by atoms with Gasteiger partial charge in [0.25, 0.3) is 0 Å². The molecule has 0 aliphatic carbocycles. The Balaban J connectivity index is 1.94. The molecule has 1 saturated heterocycles. The van der Waals surface area contributed by atoms with Gasteiger partial charge in [0, 0.05) is 12.0 Å². The van der Waals surface area contributed by atoms with Gasteiger partial charge in [0.1, 0.15) is 5.82 Å². The van der Waals surface area contributed by atoms with Crippen LogP contribution in [-0.2, 0) is 14.3 Å². The molecule has 2 unspecified atom stereocenters. The molecule has 5 heteroatoms. The summed E-state index contributed by atoms with van der Waals surface area (Å²) in [6.45, 7) is 0.298. The van der Waals surface area contributed by atoms with Crippen molar-refractivity contribution in [1.29, 1.82) is 0 Å². The van der Waals surface area contributed by atoms with Crippen molar-refractivity contribution in [3.63, 3.8) is 0 Å². The zero-order chi connectivity index (χ0) is 12.3. The van der Waals surface area contributed by atoms with Crippen molar-refractivity contribution >= 4 is 5.97 Å². The van der Waals surface area contributed by atoms with Gasteiger partial charge in [-0.3, -0.25) is 4.79 Å². The van der Waals surface area contributed by atoms with Crippen LogP contribution >= 0.6 is 0 Å². The molecule has 1 aromatic carbocycles. The number of hydrogen-bond acceptors (Lipinski definition) is 3. The van der Waals surface area contributed by atoms with E-state index in [0.29, 0.717) is 18.6 Å². The second-order valence-electron chi connectivity index (χ2n) is 3.88. The van der Waals surface area contributed by atoms with E-state index in [-0.39, 0.29) is 18.3 Å². The molecule has 1 fully saturated rings. The van der Waals surface area contributed by atoms with E-state index in [9.17, 15) is 9.18 Å². The summed E-state index contributed by atoms with van der Waals surface area (Å²) in [5.74, 6) is -1.25. The molecule has 0 radical (unpaired) electrons. The van der Waals surface area contributed by atoms with Crippen molar-refractivity contribution < 1.29 is 23.8 Å². The summed E-state index contributed by atoms with van der Waals surface area (Å²) in [5.41, 5.74) is 0.352. The second-order valence-corrected chi connectivity index (χ2v) is 3.88. The Labute approximate surface area is 98.0 Å². The number of benzene rings is 1. The van der Waals surface area contributed by atoms with Gasteiger partial charge in [0.05, 0.1) is 12.7 Å². The summed E-state index contributed by atoms with van der Waals surface area (Å²) in [4.78, 5) is 10.4. The molecular formula is C12H13FO4. The van der Waals surface area contributed by atoms with Crippen molar-refractivity contribution in [1.82, 2.24) is 0 Å². The van der Waals surface area contributed by atoms with E-state index in [1.54, 1.807) is 18.2 Å². The third-order valence-electron chi connectivity index (χ3n) is 2.59. The maximum Gasteiger partial charge on any atom is 0.303 e. The summed E-state index contributed by atoms with van der Waals surface area (Å²) in [5, 5.41) is 8.54. The Morgan fingerprint density at radius 1 is 1.47 bits per heavy atom. The van der Waals surface area contributed by atoms with Gasteiger partial charge >= 0.3 is 5.97 Å². The van der Waals surface area contributed by atoms with Crippen molar-refractivity contribution in [3.8, 4) is 0 Å². The second kappa shape index (κ2) is 5.25. The van der Waals surface area contributed by atoms with Gasteiger partial charge in [-0.15, -0.1) is 0 Å². The van der Waals surface area contributed by atoms with Crippen LogP contribution in [0.3, 0.4) is 0 Å². The lowest BCUT2D eigenvalue weighted by molar-refractivity contribution is -0.138. The highest BCUT2D eigenvalue weighted by Crippen LogP contribution is 2.30. The molecule has 0 aromatic heterocycles. The van der Waals surface area contributed by atoms with Crippen molar-refractivity contribution in [2.45, 2.75) is 25.2 Å². The number of halogens is 1. The van der Waals surface area contributed by atoms with E-state index < -0.39 is 12.3 Å². The van der Waals surface area contributed by atoms with E-state index in [0.717, 1.165) is 0 Å². The standard InChI is InChI=1S/C12H13FO4/c13-10-4-2-1-3-9(10)12-16-7-8(17-12)5-6-11(14)15/h1-4,8,12H,5-7H2,(H,14,15). The van der Waals surface area contributed by atoms with E-state index in [2.05, 4.69) is 0 Å². The Bertz CT molecular complexity index is 407. The Hall–Kier alpha value is -1.46. The highest BCUT2D eigenvalue weighted by molar-refractivity contribution is 5.66. The van der Waals surface area contributed by atoms with Crippen LogP contribution in [0.5, 0.6) is 0 Å². The minimum atomic E-state index is -0.872. The molecule has 0 bridgehead atoms. The first-order chi connectivity index (χ1) is 8.16. The molecule has 0 amide bonds. The topological polar surface area (TPSA) is 55.8 Å². The van der Waals surface area contributed by atoms with Gasteiger partial charge in [-0.25, -0.2) is 4.39 Å². The van der Waals surface area contributed by atoms with Crippen LogP contribution in [0.25, 0.3) is 0 Å². The zero-order valence-corrected chi connectivity index (χ0v) is 9.14. The van der Waals surface area contributed by atoms with Gasteiger partial charge in [-0.05, 0) is 12.5 Å². The van der Waals surface area contributed by atoms with Crippen LogP contribution in [-0.4, -0.2) is 23.8 Å². The quantitative estimate of drug-likeness (QED) is 0.875. The first-order valence-electron chi connectivity index (χ1n) is 5.40. The molecular weight excluding hydrogens is 227 g/mol. The SMILES string of the molecule is O=C(O)CCC1COC(c2ccccc2F)O1. The summed E-state index contributed by atoms with van der Waals surface area (Å²) < 4.78 is 24.2. The monoisotopic (exact) mass is 240 g/mol. The van der Waals surface area contributed by atoms with Crippen LogP contribution in [0.4, 0.5) is 4.39 Å². The van der Waals surface area contributed by atoms with Crippen LogP contribution in [0.15, 0.2) is 24.3 Å². The largest absolute Gasteiger partial charge is 0.481 e. The fraction of sp³-hybridized carbons (Fsp3) is 0.417. The van der Waals surface area contributed by atoms with Crippen LogP contribution in [0.2, 0.25) is 0 Å². The molecule has 17 heavy (non-hydrogen) atoms. The number of carbonyl (C=O) groups is 1. The van der Waals surface area contributed by atoms with Crippen LogP contribution < -0.4 is 0 Å². The molecule has 1 N–H and O–H groups in total. The number of hydrogen-bond donors (Lipinski definition) is 1.